The predicted octanol–water partition coefficient (Wildman–Crippen LogP) is 3.72. The Bertz CT molecular complexity index is 494. The summed E-state index contributed by atoms with van der Waals surface area (Å²) in [6, 6.07) is 19.6. The van der Waals surface area contributed by atoms with Crippen LogP contribution in [-0.2, 0) is 0 Å². The molecule has 17 heavy (non-hydrogen) atoms. The number of para-hydroxylation sites is 1. The Hall–Kier alpha value is -1.80. The van der Waals surface area contributed by atoms with Crippen LogP contribution in [0.5, 0.6) is 0 Å². The van der Waals surface area contributed by atoms with Gasteiger partial charge in [-0.2, -0.15) is 5.10 Å². The van der Waals surface area contributed by atoms with Gasteiger partial charge in [-0.25, -0.2) is 0 Å². The third kappa shape index (κ3) is 3.08. The highest BCUT2D eigenvalue weighted by atomic mass is 35.5. The number of anilines is 1. The molecule has 3 heteroatoms. The van der Waals surface area contributed by atoms with Gasteiger partial charge in [-0.3, -0.25) is 5.01 Å². The Morgan fingerprint density at radius 2 is 1.47 bits per heavy atom. The van der Waals surface area contributed by atoms with Crippen LogP contribution in [0.1, 0.15) is 5.56 Å². The molecule has 2 aromatic rings. The van der Waals surface area contributed by atoms with Crippen molar-refractivity contribution in [2.45, 2.75) is 0 Å². The smallest absolute Gasteiger partial charge is 0.156 e. The lowest BCUT2D eigenvalue weighted by Crippen LogP contribution is -2.11. The van der Waals surface area contributed by atoms with E-state index in [2.05, 4.69) is 5.10 Å². The van der Waals surface area contributed by atoms with Crippen molar-refractivity contribution in [2.24, 2.45) is 5.10 Å². The first kappa shape index (κ1) is 11.7. The Morgan fingerprint density at radius 3 is 2.06 bits per heavy atom. The number of rotatable bonds is 3. The third-order valence-corrected chi connectivity index (χ3v) is 2.67. The second-order valence-corrected chi connectivity index (χ2v) is 3.97. The number of benzene rings is 2. The first-order valence-electron chi connectivity index (χ1n) is 5.35. The number of hydrazone groups is 1. The molecule has 0 atom stereocenters. The van der Waals surface area contributed by atoms with Crippen molar-refractivity contribution in [3.05, 3.63) is 66.2 Å². The van der Waals surface area contributed by atoms with Gasteiger partial charge < -0.3 is 0 Å². The molecule has 2 nitrogen and oxygen atoms in total. The normalized spacial score (nSPS) is 11.3. The second kappa shape index (κ2) is 5.51. The highest BCUT2D eigenvalue weighted by molar-refractivity contribution is 6.69. The van der Waals surface area contributed by atoms with E-state index in [4.69, 9.17) is 11.6 Å². The molecule has 0 saturated carbocycles. The molecular formula is C14H13ClN2. The molecule has 0 aromatic heterocycles. The molecule has 0 amide bonds. The number of hydrogen-bond donors (Lipinski definition) is 0. The van der Waals surface area contributed by atoms with Gasteiger partial charge in [0.1, 0.15) is 0 Å². The van der Waals surface area contributed by atoms with Crippen LogP contribution >= 0.6 is 11.6 Å². The van der Waals surface area contributed by atoms with E-state index in [1.54, 1.807) is 5.01 Å². The van der Waals surface area contributed by atoms with Gasteiger partial charge in [-0.05, 0) is 12.1 Å². The predicted molar refractivity (Wildman–Crippen MR) is 73.7 cm³/mol. The highest BCUT2D eigenvalue weighted by Gasteiger charge is 2.02. The maximum atomic E-state index is 6.16. The average molecular weight is 245 g/mol. The van der Waals surface area contributed by atoms with E-state index in [0.29, 0.717) is 5.17 Å². The lowest BCUT2D eigenvalue weighted by atomic mass is 10.2. The molecule has 0 N–H and O–H groups in total. The standard InChI is InChI=1S/C14H13ClN2/c1-17(13-10-6-3-7-11-13)16-14(15)12-8-4-2-5-9-12/h2-11H,1H3. The van der Waals surface area contributed by atoms with Crippen LogP contribution in [-0.4, -0.2) is 12.2 Å². The number of halogens is 1. The summed E-state index contributed by atoms with van der Waals surface area (Å²) in [6.45, 7) is 0. The molecule has 0 heterocycles. The topological polar surface area (TPSA) is 15.6 Å². The monoisotopic (exact) mass is 244 g/mol. The Kier molecular flexibility index (Phi) is 3.78. The second-order valence-electron chi connectivity index (χ2n) is 3.62. The highest BCUT2D eigenvalue weighted by Crippen LogP contribution is 2.13. The fourth-order valence-electron chi connectivity index (χ4n) is 1.47. The van der Waals surface area contributed by atoms with Crippen molar-refractivity contribution >= 4 is 22.5 Å². The molecule has 0 aliphatic carbocycles. The van der Waals surface area contributed by atoms with Crippen molar-refractivity contribution in [1.29, 1.82) is 0 Å². The Balaban J connectivity index is 2.20. The molecule has 0 radical (unpaired) electrons. The van der Waals surface area contributed by atoms with Gasteiger partial charge in [0, 0.05) is 12.6 Å². The minimum absolute atomic E-state index is 0.483. The van der Waals surface area contributed by atoms with Gasteiger partial charge >= 0.3 is 0 Å². The van der Waals surface area contributed by atoms with Gasteiger partial charge in [0.05, 0.1) is 5.69 Å². The van der Waals surface area contributed by atoms with Crippen LogP contribution in [0.3, 0.4) is 0 Å². The molecule has 86 valence electrons. The summed E-state index contributed by atoms with van der Waals surface area (Å²) in [6.07, 6.45) is 0. The number of hydrogen-bond acceptors (Lipinski definition) is 2. The van der Waals surface area contributed by atoms with Crippen LogP contribution in [0.2, 0.25) is 0 Å². The van der Waals surface area contributed by atoms with Crippen molar-refractivity contribution in [3.8, 4) is 0 Å². The van der Waals surface area contributed by atoms with E-state index < -0.39 is 0 Å². The molecule has 0 aliphatic rings. The molecule has 2 aromatic carbocycles. The summed E-state index contributed by atoms with van der Waals surface area (Å²) in [5.74, 6) is 0. The van der Waals surface area contributed by atoms with Gasteiger partial charge in [0.25, 0.3) is 0 Å². The van der Waals surface area contributed by atoms with E-state index in [1.165, 1.54) is 0 Å². The maximum absolute atomic E-state index is 6.16. The largest absolute Gasteiger partial charge is 0.267 e. The summed E-state index contributed by atoms with van der Waals surface area (Å²) in [7, 11) is 1.88. The zero-order valence-electron chi connectivity index (χ0n) is 9.55. The van der Waals surface area contributed by atoms with Crippen LogP contribution in [0.15, 0.2) is 65.8 Å². The quantitative estimate of drug-likeness (QED) is 0.594. The Labute approximate surface area is 106 Å². The van der Waals surface area contributed by atoms with Gasteiger partial charge in [-0.15, -0.1) is 0 Å². The lowest BCUT2D eigenvalue weighted by molar-refractivity contribution is 1.02. The summed E-state index contributed by atoms with van der Waals surface area (Å²) in [5, 5.41) is 6.58. The first-order valence-corrected chi connectivity index (χ1v) is 5.73. The van der Waals surface area contributed by atoms with E-state index in [-0.39, 0.29) is 0 Å². The van der Waals surface area contributed by atoms with Gasteiger partial charge in [0.2, 0.25) is 0 Å². The maximum Gasteiger partial charge on any atom is 0.156 e. The zero-order valence-corrected chi connectivity index (χ0v) is 10.3. The average Bonchev–Trinajstić information content (AvgIpc) is 2.40. The Morgan fingerprint density at radius 1 is 0.941 bits per heavy atom. The molecule has 2 rings (SSSR count). The minimum Gasteiger partial charge on any atom is -0.267 e. The van der Waals surface area contributed by atoms with Crippen molar-refractivity contribution < 1.29 is 0 Å². The van der Waals surface area contributed by atoms with Gasteiger partial charge in [0.15, 0.2) is 5.17 Å². The van der Waals surface area contributed by atoms with Crippen LogP contribution in [0.25, 0.3) is 0 Å². The molecule has 0 saturated heterocycles. The molecule has 0 aliphatic heterocycles. The van der Waals surface area contributed by atoms with Gasteiger partial charge in [-0.1, -0.05) is 60.1 Å². The van der Waals surface area contributed by atoms with Crippen molar-refractivity contribution in [3.63, 3.8) is 0 Å². The summed E-state index contributed by atoms with van der Waals surface area (Å²) in [4.78, 5) is 0. The van der Waals surface area contributed by atoms with E-state index in [1.807, 2.05) is 67.7 Å². The lowest BCUT2D eigenvalue weighted by Gasteiger charge is -2.13. The summed E-state index contributed by atoms with van der Waals surface area (Å²) >= 11 is 6.16. The van der Waals surface area contributed by atoms with Crippen molar-refractivity contribution in [1.82, 2.24) is 0 Å². The SMILES string of the molecule is CN(N=C(Cl)c1ccccc1)c1ccccc1. The van der Waals surface area contributed by atoms with E-state index in [0.717, 1.165) is 11.3 Å². The molecular weight excluding hydrogens is 232 g/mol. The molecule has 0 spiro atoms. The fourth-order valence-corrected chi connectivity index (χ4v) is 1.71. The van der Waals surface area contributed by atoms with Crippen LogP contribution in [0, 0.1) is 0 Å². The third-order valence-electron chi connectivity index (χ3n) is 2.38. The molecule has 0 unspecified atom stereocenters. The molecule has 0 fully saturated rings. The van der Waals surface area contributed by atoms with Crippen molar-refractivity contribution in [2.75, 3.05) is 12.1 Å². The summed E-state index contributed by atoms with van der Waals surface area (Å²) in [5.41, 5.74) is 1.92. The molecule has 0 bridgehead atoms. The summed E-state index contributed by atoms with van der Waals surface area (Å²) < 4.78 is 0. The first-order chi connectivity index (χ1) is 8.27. The zero-order chi connectivity index (χ0) is 12.1. The van der Waals surface area contributed by atoms with E-state index in [9.17, 15) is 0 Å². The van der Waals surface area contributed by atoms with E-state index >= 15 is 0 Å². The minimum atomic E-state index is 0.483. The fraction of sp³-hybridized carbons (Fsp3) is 0.0714. The van der Waals surface area contributed by atoms with Crippen LogP contribution in [0.4, 0.5) is 5.69 Å². The number of nitrogens with zero attached hydrogens (tertiary/aromatic N) is 2. The van der Waals surface area contributed by atoms with Crippen LogP contribution < -0.4 is 5.01 Å².